The van der Waals surface area contributed by atoms with Crippen LogP contribution < -0.4 is 9.47 Å². The predicted molar refractivity (Wildman–Crippen MR) is 163 cm³/mol. The zero-order valence-corrected chi connectivity index (χ0v) is 24.5. The smallest absolute Gasteiger partial charge is 0.343 e. The van der Waals surface area contributed by atoms with Crippen LogP contribution in [0.4, 0.5) is 0 Å². The van der Waals surface area contributed by atoms with Crippen molar-refractivity contribution in [2.24, 2.45) is 0 Å². The molecule has 6 nitrogen and oxygen atoms in total. The number of esters is 2. The Labute approximate surface area is 244 Å². The number of hydrogen-bond acceptors (Lipinski definition) is 6. The van der Waals surface area contributed by atoms with Crippen molar-refractivity contribution in [2.75, 3.05) is 19.8 Å². The molecular formula is C35H42O6. The molecule has 41 heavy (non-hydrogen) atoms. The average molecular weight is 559 g/mol. The first-order valence-electron chi connectivity index (χ1n) is 14.5. The van der Waals surface area contributed by atoms with Gasteiger partial charge in [-0.1, -0.05) is 63.6 Å². The van der Waals surface area contributed by atoms with Gasteiger partial charge in [-0.3, -0.25) is 0 Å². The second-order valence-corrected chi connectivity index (χ2v) is 10.1. The number of aliphatic hydroxyl groups excluding tert-OH is 1. The molecule has 3 aromatic carbocycles. The molecule has 0 atom stereocenters. The van der Waals surface area contributed by atoms with Crippen molar-refractivity contribution in [3.8, 4) is 22.6 Å². The van der Waals surface area contributed by atoms with Crippen LogP contribution >= 0.6 is 0 Å². The number of hydrogen-bond donors (Lipinski definition) is 1. The number of ether oxygens (including phenoxy) is 3. The fourth-order valence-corrected chi connectivity index (χ4v) is 4.51. The molecule has 0 saturated heterocycles. The van der Waals surface area contributed by atoms with Gasteiger partial charge in [-0.2, -0.15) is 0 Å². The van der Waals surface area contributed by atoms with E-state index >= 15 is 0 Å². The lowest BCUT2D eigenvalue weighted by Crippen LogP contribution is -2.13. The van der Waals surface area contributed by atoms with Gasteiger partial charge in [0.1, 0.15) is 24.7 Å². The van der Waals surface area contributed by atoms with Crippen LogP contribution in [0, 0.1) is 0 Å². The van der Waals surface area contributed by atoms with Crippen molar-refractivity contribution >= 4 is 11.9 Å². The van der Waals surface area contributed by atoms with E-state index in [-0.39, 0.29) is 19.8 Å². The fourth-order valence-electron chi connectivity index (χ4n) is 4.51. The van der Waals surface area contributed by atoms with Crippen molar-refractivity contribution in [2.45, 2.75) is 65.7 Å². The quantitative estimate of drug-likeness (QED) is 0.0860. The molecule has 0 radical (unpaired) electrons. The first kappa shape index (κ1) is 31.6. The van der Waals surface area contributed by atoms with Gasteiger partial charge in [0.05, 0.1) is 5.56 Å². The van der Waals surface area contributed by atoms with Gasteiger partial charge in [0.15, 0.2) is 0 Å². The fraction of sp³-hybridized carbons (Fsp3) is 0.371. The third-order valence-electron chi connectivity index (χ3n) is 6.83. The van der Waals surface area contributed by atoms with Gasteiger partial charge in [0, 0.05) is 12.2 Å². The van der Waals surface area contributed by atoms with Gasteiger partial charge in [-0.05, 0) is 97.2 Å². The molecule has 6 heteroatoms. The summed E-state index contributed by atoms with van der Waals surface area (Å²) in [4.78, 5) is 24.6. The Morgan fingerprint density at radius 3 is 2.32 bits per heavy atom. The van der Waals surface area contributed by atoms with E-state index in [1.54, 1.807) is 13.0 Å². The Morgan fingerprint density at radius 2 is 1.63 bits per heavy atom. The third-order valence-corrected chi connectivity index (χ3v) is 6.83. The third kappa shape index (κ3) is 9.61. The molecule has 0 aliphatic heterocycles. The molecule has 218 valence electrons. The summed E-state index contributed by atoms with van der Waals surface area (Å²) < 4.78 is 16.8. The van der Waals surface area contributed by atoms with E-state index in [1.165, 1.54) is 18.4 Å². The molecule has 0 unspecified atom stereocenters. The Hall–Kier alpha value is -3.90. The average Bonchev–Trinajstić information content (AvgIpc) is 2.99. The van der Waals surface area contributed by atoms with Crippen LogP contribution in [0.15, 0.2) is 72.8 Å². The van der Waals surface area contributed by atoms with Crippen LogP contribution in [0.25, 0.3) is 11.1 Å². The molecular weight excluding hydrogens is 516 g/mol. The molecule has 0 amide bonds. The summed E-state index contributed by atoms with van der Waals surface area (Å²) in [6, 6.07) is 19.3. The van der Waals surface area contributed by atoms with E-state index in [4.69, 9.17) is 14.2 Å². The molecule has 0 fully saturated rings. The Balaban J connectivity index is 1.75. The number of carbonyl (C=O) groups is 2. The number of aliphatic hydroxyl groups is 1. The highest BCUT2D eigenvalue weighted by molar-refractivity contribution is 5.92. The van der Waals surface area contributed by atoms with Crippen LogP contribution in [-0.2, 0) is 28.8 Å². The Morgan fingerprint density at radius 1 is 0.854 bits per heavy atom. The molecule has 0 saturated carbocycles. The topological polar surface area (TPSA) is 82.1 Å². The van der Waals surface area contributed by atoms with E-state index in [9.17, 15) is 14.7 Å². The highest BCUT2D eigenvalue weighted by Gasteiger charge is 2.15. The van der Waals surface area contributed by atoms with E-state index in [1.807, 2.05) is 61.5 Å². The predicted octanol–water partition coefficient (Wildman–Crippen LogP) is 7.29. The second-order valence-electron chi connectivity index (χ2n) is 10.1. The molecule has 0 aliphatic carbocycles. The van der Waals surface area contributed by atoms with Gasteiger partial charge < -0.3 is 19.3 Å². The highest BCUT2D eigenvalue weighted by Crippen LogP contribution is 2.32. The summed E-state index contributed by atoms with van der Waals surface area (Å²) in [5.74, 6) is 0.364. The van der Waals surface area contributed by atoms with Crippen molar-refractivity contribution in [3.63, 3.8) is 0 Å². The van der Waals surface area contributed by atoms with Gasteiger partial charge in [-0.25, -0.2) is 9.59 Å². The maximum absolute atomic E-state index is 13.0. The first-order valence-corrected chi connectivity index (χ1v) is 14.5. The number of carbonyl (C=O) groups excluding carboxylic acids is 2. The molecule has 3 aromatic rings. The highest BCUT2D eigenvalue weighted by atomic mass is 16.6. The van der Waals surface area contributed by atoms with Crippen molar-refractivity contribution < 1.29 is 28.9 Å². The molecule has 3 rings (SSSR count). The molecule has 0 aromatic heterocycles. The molecule has 1 N–H and O–H groups in total. The van der Waals surface area contributed by atoms with Gasteiger partial charge in [-0.15, -0.1) is 0 Å². The van der Waals surface area contributed by atoms with Crippen LogP contribution in [0.3, 0.4) is 0 Å². The standard InChI is InChI=1S/C35H42O6/c1-5-7-8-10-26-12-17-31(18-13-26)41-35(38)30-16-19-32(27(6-2)23-30)29-15-14-28(11-9-20-36)33(24-29)39-21-22-40-34(37)25(3)4/h12-19,23-24,36H,3,5-11,20-22H2,1-2,4H3. The summed E-state index contributed by atoms with van der Waals surface area (Å²) in [7, 11) is 0. The number of unbranched alkanes of at least 4 members (excludes halogenated alkanes) is 2. The maximum Gasteiger partial charge on any atom is 0.343 e. The minimum absolute atomic E-state index is 0.0814. The summed E-state index contributed by atoms with van der Waals surface area (Å²) in [6.07, 6.45) is 6.58. The van der Waals surface area contributed by atoms with Crippen molar-refractivity contribution in [3.05, 3.63) is 95.1 Å². The van der Waals surface area contributed by atoms with Crippen LogP contribution in [0.2, 0.25) is 0 Å². The van der Waals surface area contributed by atoms with Crippen molar-refractivity contribution in [1.29, 1.82) is 0 Å². The van der Waals surface area contributed by atoms with E-state index in [0.29, 0.717) is 35.5 Å². The lowest BCUT2D eigenvalue weighted by Gasteiger charge is -2.16. The van der Waals surface area contributed by atoms with E-state index < -0.39 is 11.9 Å². The number of rotatable bonds is 16. The Bertz CT molecular complexity index is 1310. The van der Waals surface area contributed by atoms with Crippen LogP contribution in [-0.4, -0.2) is 36.9 Å². The summed E-state index contributed by atoms with van der Waals surface area (Å²) >= 11 is 0. The monoisotopic (exact) mass is 558 g/mol. The number of benzene rings is 3. The SMILES string of the molecule is C=C(C)C(=O)OCCOc1cc(-c2ccc(C(=O)Oc3ccc(CCCCC)cc3)cc2CC)ccc1CCCO. The lowest BCUT2D eigenvalue weighted by atomic mass is 9.94. The van der Waals surface area contributed by atoms with Gasteiger partial charge in [0.2, 0.25) is 0 Å². The largest absolute Gasteiger partial charge is 0.490 e. The second kappa shape index (κ2) is 16.4. The zero-order valence-electron chi connectivity index (χ0n) is 24.5. The normalized spacial score (nSPS) is 10.7. The summed E-state index contributed by atoms with van der Waals surface area (Å²) in [5.41, 5.74) is 5.99. The molecule has 0 spiro atoms. The summed E-state index contributed by atoms with van der Waals surface area (Å²) in [5, 5.41) is 9.32. The van der Waals surface area contributed by atoms with E-state index in [0.717, 1.165) is 41.5 Å². The van der Waals surface area contributed by atoms with Crippen molar-refractivity contribution in [1.82, 2.24) is 0 Å². The van der Waals surface area contributed by atoms with E-state index in [2.05, 4.69) is 13.5 Å². The Kier molecular flexibility index (Phi) is 12.6. The van der Waals surface area contributed by atoms with Crippen LogP contribution in [0.1, 0.15) is 73.5 Å². The minimum Gasteiger partial charge on any atom is -0.490 e. The molecule has 0 bridgehead atoms. The lowest BCUT2D eigenvalue weighted by molar-refractivity contribution is -0.139. The first-order chi connectivity index (χ1) is 19.9. The zero-order chi connectivity index (χ0) is 29.6. The van der Waals surface area contributed by atoms with Gasteiger partial charge >= 0.3 is 11.9 Å². The van der Waals surface area contributed by atoms with Crippen LogP contribution in [0.5, 0.6) is 11.5 Å². The summed E-state index contributed by atoms with van der Waals surface area (Å²) in [6.45, 7) is 9.81. The minimum atomic E-state index is -0.450. The number of aryl methyl sites for hydroxylation is 3. The molecule has 0 aliphatic rings. The maximum atomic E-state index is 13.0. The van der Waals surface area contributed by atoms with Gasteiger partial charge in [0.25, 0.3) is 0 Å². The molecule has 0 heterocycles.